The van der Waals surface area contributed by atoms with Crippen molar-refractivity contribution in [3.8, 4) is 17.4 Å². The van der Waals surface area contributed by atoms with E-state index in [2.05, 4.69) is 6.07 Å². The van der Waals surface area contributed by atoms with Crippen LogP contribution in [0.5, 0.6) is 0 Å². The van der Waals surface area contributed by atoms with Crippen LogP contribution >= 0.6 is 0 Å². The third-order valence-electron chi connectivity index (χ3n) is 5.67. The molecule has 1 atom stereocenters. The SMILES string of the molecule is Cc1cc([N+](=O)[O-])ccc1-c1ccc(C2C(C#N)=C(N)OC3=C2C(=O)CC(C)(C)C3)o1. The number of furan rings is 1. The second-order valence-electron chi connectivity index (χ2n) is 8.66. The van der Waals surface area contributed by atoms with Gasteiger partial charge in [0, 0.05) is 36.1 Å². The minimum Gasteiger partial charge on any atom is -0.460 e. The summed E-state index contributed by atoms with van der Waals surface area (Å²) in [5.41, 5.74) is 7.65. The number of hydrogen-bond acceptors (Lipinski definition) is 7. The summed E-state index contributed by atoms with van der Waals surface area (Å²) in [5.74, 6) is 0.491. The first-order chi connectivity index (χ1) is 14.6. The van der Waals surface area contributed by atoms with Gasteiger partial charge in [-0.25, -0.2) is 0 Å². The number of benzene rings is 1. The summed E-state index contributed by atoms with van der Waals surface area (Å²) >= 11 is 0. The number of nitriles is 1. The molecule has 1 aliphatic carbocycles. The fraction of sp³-hybridized carbons (Fsp3) is 0.304. The van der Waals surface area contributed by atoms with E-state index in [1.807, 2.05) is 13.8 Å². The number of carbonyl (C=O) groups excluding carboxylic acids is 1. The Kier molecular flexibility index (Phi) is 4.69. The Morgan fingerprint density at radius 3 is 2.65 bits per heavy atom. The van der Waals surface area contributed by atoms with Gasteiger partial charge in [-0.05, 0) is 36.1 Å². The van der Waals surface area contributed by atoms with Crippen LogP contribution in [0.4, 0.5) is 5.69 Å². The lowest BCUT2D eigenvalue weighted by molar-refractivity contribution is -0.384. The Balaban J connectivity index is 1.80. The van der Waals surface area contributed by atoms with Gasteiger partial charge < -0.3 is 14.9 Å². The van der Waals surface area contributed by atoms with Crippen molar-refractivity contribution in [3.63, 3.8) is 0 Å². The maximum atomic E-state index is 13.0. The number of nitro groups is 1. The summed E-state index contributed by atoms with van der Waals surface area (Å²) in [6.07, 6.45) is 0.859. The van der Waals surface area contributed by atoms with Crippen molar-refractivity contribution >= 4 is 11.5 Å². The molecule has 1 aromatic heterocycles. The summed E-state index contributed by atoms with van der Waals surface area (Å²) in [6.45, 7) is 5.72. The smallest absolute Gasteiger partial charge is 0.269 e. The van der Waals surface area contributed by atoms with E-state index in [1.54, 1.807) is 25.1 Å². The number of allylic oxidation sites excluding steroid dienone is 3. The Labute approximate surface area is 178 Å². The molecule has 2 N–H and O–H groups in total. The molecule has 0 radical (unpaired) electrons. The molecule has 2 aliphatic rings. The molecule has 8 heteroatoms. The number of rotatable bonds is 3. The van der Waals surface area contributed by atoms with Crippen molar-refractivity contribution in [2.24, 2.45) is 11.1 Å². The van der Waals surface area contributed by atoms with Gasteiger partial charge in [-0.2, -0.15) is 5.26 Å². The average Bonchev–Trinajstić information content (AvgIpc) is 3.15. The molecule has 0 fully saturated rings. The molecule has 0 bridgehead atoms. The standard InChI is InChI=1S/C23H21N3O5/c1-12-8-13(26(28)29)4-5-14(12)17-6-7-18(30-17)20-15(11-24)22(25)31-19-10-23(2,3)9-16(27)21(19)20/h4-8,20H,9-10,25H2,1-3H3. The number of carbonyl (C=O) groups is 1. The first kappa shape index (κ1) is 20.4. The maximum Gasteiger partial charge on any atom is 0.269 e. The van der Waals surface area contributed by atoms with Crippen LogP contribution < -0.4 is 5.73 Å². The predicted octanol–water partition coefficient (Wildman–Crippen LogP) is 4.61. The number of aryl methyl sites for hydroxylation is 1. The lowest BCUT2D eigenvalue weighted by atomic mass is 9.71. The van der Waals surface area contributed by atoms with Crippen LogP contribution in [-0.4, -0.2) is 10.7 Å². The van der Waals surface area contributed by atoms with Gasteiger partial charge >= 0.3 is 0 Å². The summed E-state index contributed by atoms with van der Waals surface area (Å²) in [5, 5.41) is 20.7. The third kappa shape index (κ3) is 3.48. The van der Waals surface area contributed by atoms with E-state index in [-0.39, 0.29) is 28.3 Å². The van der Waals surface area contributed by atoms with E-state index in [9.17, 15) is 20.2 Å². The van der Waals surface area contributed by atoms with Crippen LogP contribution in [0, 0.1) is 33.8 Å². The first-order valence-electron chi connectivity index (χ1n) is 9.80. The van der Waals surface area contributed by atoms with Crippen LogP contribution in [-0.2, 0) is 9.53 Å². The molecule has 31 heavy (non-hydrogen) atoms. The minimum atomic E-state index is -0.746. The van der Waals surface area contributed by atoms with Gasteiger partial charge in [-0.3, -0.25) is 14.9 Å². The maximum absolute atomic E-state index is 13.0. The Bertz CT molecular complexity index is 1230. The minimum absolute atomic E-state index is 0.00912. The molecule has 1 unspecified atom stereocenters. The second kappa shape index (κ2) is 7.13. The van der Waals surface area contributed by atoms with Gasteiger partial charge in [-0.1, -0.05) is 13.8 Å². The van der Waals surface area contributed by atoms with Crippen molar-refractivity contribution in [1.82, 2.24) is 0 Å². The van der Waals surface area contributed by atoms with Crippen molar-refractivity contribution in [1.29, 1.82) is 5.26 Å². The van der Waals surface area contributed by atoms with Crippen LogP contribution in [0.2, 0.25) is 0 Å². The number of hydrogen-bond donors (Lipinski definition) is 1. The highest BCUT2D eigenvalue weighted by Crippen LogP contribution is 2.48. The second-order valence-corrected chi connectivity index (χ2v) is 8.66. The quantitative estimate of drug-likeness (QED) is 0.567. The van der Waals surface area contributed by atoms with E-state index in [1.165, 1.54) is 12.1 Å². The monoisotopic (exact) mass is 419 g/mol. The molecule has 0 amide bonds. The van der Waals surface area contributed by atoms with Crippen molar-refractivity contribution in [3.05, 3.63) is 74.6 Å². The number of non-ortho nitro benzene ring substituents is 1. The van der Waals surface area contributed by atoms with Crippen LogP contribution in [0.1, 0.15) is 43.9 Å². The lowest BCUT2D eigenvalue weighted by Gasteiger charge is -2.36. The number of ether oxygens (including phenoxy) is 1. The largest absolute Gasteiger partial charge is 0.460 e. The average molecular weight is 419 g/mol. The molecule has 8 nitrogen and oxygen atoms in total. The zero-order chi connectivity index (χ0) is 22.5. The summed E-state index contributed by atoms with van der Waals surface area (Å²) in [7, 11) is 0. The first-order valence-corrected chi connectivity index (χ1v) is 9.80. The molecule has 4 rings (SSSR count). The van der Waals surface area contributed by atoms with E-state index in [4.69, 9.17) is 14.9 Å². The highest BCUT2D eigenvalue weighted by atomic mass is 16.6. The number of nitro benzene ring substituents is 1. The van der Waals surface area contributed by atoms with Crippen molar-refractivity contribution < 1.29 is 18.9 Å². The summed E-state index contributed by atoms with van der Waals surface area (Å²) in [4.78, 5) is 23.6. The molecule has 0 saturated carbocycles. The molecular formula is C23H21N3O5. The molecular weight excluding hydrogens is 398 g/mol. The van der Waals surface area contributed by atoms with Crippen LogP contribution in [0.25, 0.3) is 11.3 Å². The molecule has 158 valence electrons. The molecule has 1 aromatic carbocycles. The van der Waals surface area contributed by atoms with E-state index < -0.39 is 10.8 Å². The predicted molar refractivity (Wildman–Crippen MR) is 111 cm³/mol. The summed E-state index contributed by atoms with van der Waals surface area (Å²) in [6, 6.07) is 9.99. The van der Waals surface area contributed by atoms with Gasteiger partial charge in [0.25, 0.3) is 5.69 Å². The topological polar surface area (TPSA) is 132 Å². The highest BCUT2D eigenvalue weighted by molar-refractivity contribution is 5.99. The van der Waals surface area contributed by atoms with E-state index in [0.29, 0.717) is 46.8 Å². The number of nitrogens with two attached hydrogens (primary N) is 1. The van der Waals surface area contributed by atoms with E-state index in [0.717, 1.165) is 0 Å². The zero-order valence-corrected chi connectivity index (χ0v) is 17.4. The molecule has 2 heterocycles. The lowest BCUT2D eigenvalue weighted by Crippen LogP contribution is -2.33. The molecule has 0 spiro atoms. The Hall–Kier alpha value is -3.86. The fourth-order valence-corrected chi connectivity index (χ4v) is 4.26. The molecule has 2 aromatic rings. The third-order valence-corrected chi connectivity index (χ3v) is 5.67. The van der Waals surface area contributed by atoms with Gasteiger partial charge in [0.2, 0.25) is 5.88 Å². The number of ketones is 1. The van der Waals surface area contributed by atoms with Crippen LogP contribution in [0.15, 0.2) is 57.5 Å². The highest BCUT2D eigenvalue weighted by Gasteiger charge is 2.44. The van der Waals surface area contributed by atoms with Gasteiger partial charge in [0.15, 0.2) is 5.78 Å². The van der Waals surface area contributed by atoms with E-state index >= 15 is 0 Å². The zero-order valence-electron chi connectivity index (χ0n) is 17.4. The number of nitrogens with zero attached hydrogens (tertiary/aromatic N) is 2. The number of Topliss-reactive ketones (excluding diaryl/α,β-unsaturated/α-hetero) is 1. The normalized spacial score (nSPS) is 20.2. The van der Waals surface area contributed by atoms with Gasteiger partial charge in [0.1, 0.15) is 28.9 Å². The Morgan fingerprint density at radius 2 is 2.00 bits per heavy atom. The molecule has 1 aliphatic heterocycles. The molecule has 0 saturated heterocycles. The van der Waals surface area contributed by atoms with Crippen molar-refractivity contribution in [2.75, 3.05) is 0 Å². The van der Waals surface area contributed by atoms with Crippen LogP contribution in [0.3, 0.4) is 0 Å². The van der Waals surface area contributed by atoms with Gasteiger partial charge in [0.05, 0.1) is 10.8 Å². The fourth-order valence-electron chi connectivity index (χ4n) is 4.26. The van der Waals surface area contributed by atoms with Crippen molar-refractivity contribution in [2.45, 2.75) is 39.5 Å². The Morgan fingerprint density at radius 1 is 1.26 bits per heavy atom. The van der Waals surface area contributed by atoms with Gasteiger partial charge in [-0.15, -0.1) is 0 Å². The summed E-state index contributed by atoms with van der Waals surface area (Å²) < 4.78 is 11.8.